The van der Waals surface area contributed by atoms with Crippen molar-refractivity contribution < 1.29 is 17.9 Å². The highest BCUT2D eigenvalue weighted by molar-refractivity contribution is 7.89. The highest BCUT2D eigenvalue weighted by Crippen LogP contribution is 2.34. The number of hydrogen-bond donors (Lipinski definition) is 1. The summed E-state index contributed by atoms with van der Waals surface area (Å²) >= 11 is 0. The standard InChI is InChI=1S/C20H24N2O4S/c1-3-21-27(24,25)18-7-4-6-16(14-18)20(23)22-13-5-8-19(22)15-9-11-17(26-2)12-10-15/h4,6-7,9-12,14,19,21H,3,5,8,13H2,1-2H3. The molecule has 1 aliphatic heterocycles. The summed E-state index contributed by atoms with van der Waals surface area (Å²) in [6.07, 6.45) is 1.80. The fraction of sp³-hybridized carbons (Fsp3) is 0.350. The molecule has 1 N–H and O–H groups in total. The van der Waals surface area contributed by atoms with Crippen LogP contribution in [0.1, 0.15) is 41.7 Å². The van der Waals surface area contributed by atoms with Crippen LogP contribution in [0.15, 0.2) is 53.4 Å². The first-order valence-corrected chi connectivity index (χ1v) is 10.5. The Morgan fingerprint density at radius 1 is 1.22 bits per heavy atom. The van der Waals surface area contributed by atoms with Crippen LogP contribution in [0.2, 0.25) is 0 Å². The molecule has 27 heavy (non-hydrogen) atoms. The van der Waals surface area contributed by atoms with Crippen molar-refractivity contribution in [2.75, 3.05) is 20.2 Å². The van der Waals surface area contributed by atoms with Gasteiger partial charge in [-0.3, -0.25) is 4.79 Å². The van der Waals surface area contributed by atoms with E-state index in [1.165, 1.54) is 12.1 Å². The van der Waals surface area contributed by atoms with Crippen LogP contribution in [0.5, 0.6) is 5.75 Å². The van der Waals surface area contributed by atoms with Crippen LogP contribution in [-0.2, 0) is 10.0 Å². The molecule has 7 heteroatoms. The Hall–Kier alpha value is -2.38. The average Bonchev–Trinajstić information content (AvgIpc) is 3.17. The quantitative estimate of drug-likeness (QED) is 0.825. The summed E-state index contributed by atoms with van der Waals surface area (Å²) in [6.45, 7) is 2.67. The van der Waals surface area contributed by atoms with Crippen molar-refractivity contribution in [1.29, 1.82) is 0 Å². The second kappa shape index (κ2) is 8.10. The van der Waals surface area contributed by atoms with E-state index in [9.17, 15) is 13.2 Å². The number of benzene rings is 2. The maximum atomic E-state index is 13.1. The van der Waals surface area contributed by atoms with E-state index >= 15 is 0 Å². The summed E-state index contributed by atoms with van der Waals surface area (Å²) in [6, 6.07) is 13.9. The Labute approximate surface area is 160 Å². The van der Waals surface area contributed by atoms with Crippen LogP contribution in [0.25, 0.3) is 0 Å². The largest absolute Gasteiger partial charge is 0.497 e. The molecule has 1 unspecified atom stereocenters. The van der Waals surface area contributed by atoms with Gasteiger partial charge in [0.15, 0.2) is 0 Å². The molecule has 144 valence electrons. The molecule has 0 saturated carbocycles. The van der Waals surface area contributed by atoms with Crippen molar-refractivity contribution in [3.8, 4) is 5.75 Å². The number of nitrogens with one attached hydrogen (secondary N) is 1. The van der Waals surface area contributed by atoms with Crippen LogP contribution < -0.4 is 9.46 Å². The normalized spacial score (nSPS) is 17.1. The van der Waals surface area contributed by atoms with Crippen molar-refractivity contribution >= 4 is 15.9 Å². The van der Waals surface area contributed by atoms with Gasteiger partial charge in [0.05, 0.1) is 18.0 Å². The molecule has 1 atom stereocenters. The number of nitrogens with zero attached hydrogens (tertiary/aromatic N) is 1. The minimum Gasteiger partial charge on any atom is -0.497 e. The smallest absolute Gasteiger partial charge is 0.254 e. The molecule has 1 saturated heterocycles. The van der Waals surface area contributed by atoms with E-state index in [0.717, 1.165) is 24.2 Å². The molecule has 6 nitrogen and oxygen atoms in total. The molecule has 0 bridgehead atoms. The third-order valence-electron chi connectivity index (χ3n) is 4.74. The van der Waals surface area contributed by atoms with Crippen LogP contribution in [0, 0.1) is 0 Å². The zero-order chi connectivity index (χ0) is 19.4. The minimum atomic E-state index is -3.60. The Bertz CT molecular complexity index is 910. The second-order valence-corrected chi connectivity index (χ2v) is 8.23. The van der Waals surface area contributed by atoms with Crippen molar-refractivity contribution in [1.82, 2.24) is 9.62 Å². The third kappa shape index (κ3) is 4.14. The van der Waals surface area contributed by atoms with Gasteiger partial charge < -0.3 is 9.64 Å². The average molecular weight is 388 g/mol. The molecule has 3 rings (SSSR count). The molecule has 1 amide bonds. The summed E-state index contributed by atoms with van der Waals surface area (Å²) in [4.78, 5) is 15.0. The van der Waals surface area contributed by atoms with Gasteiger partial charge in [-0.1, -0.05) is 25.1 Å². The van der Waals surface area contributed by atoms with Crippen LogP contribution in [-0.4, -0.2) is 39.4 Å². The Kier molecular flexibility index (Phi) is 5.82. The van der Waals surface area contributed by atoms with E-state index in [0.29, 0.717) is 18.7 Å². The van der Waals surface area contributed by atoms with E-state index in [1.54, 1.807) is 26.2 Å². The lowest BCUT2D eigenvalue weighted by molar-refractivity contribution is 0.0735. The van der Waals surface area contributed by atoms with E-state index in [2.05, 4.69) is 4.72 Å². The number of likely N-dealkylation sites (tertiary alicyclic amines) is 1. The highest BCUT2D eigenvalue weighted by Gasteiger charge is 2.31. The number of sulfonamides is 1. The summed E-state index contributed by atoms with van der Waals surface area (Å²) in [5.74, 6) is 0.623. The molecule has 1 fully saturated rings. The van der Waals surface area contributed by atoms with Crippen molar-refractivity contribution in [3.63, 3.8) is 0 Å². The van der Waals surface area contributed by atoms with Crippen molar-refractivity contribution in [2.24, 2.45) is 0 Å². The number of ether oxygens (including phenoxy) is 1. The molecular formula is C20H24N2O4S. The first-order chi connectivity index (χ1) is 13.0. The summed E-state index contributed by atoms with van der Waals surface area (Å²) in [7, 11) is -1.98. The van der Waals surface area contributed by atoms with Gasteiger partial charge in [-0.2, -0.15) is 0 Å². The number of amides is 1. The van der Waals surface area contributed by atoms with E-state index in [-0.39, 0.29) is 16.8 Å². The predicted octanol–water partition coefficient (Wildman–Crippen LogP) is 2.97. The lowest BCUT2D eigenvalue weighted by atomic mass is 10.0. The maximum absolute atomic E-state index is 13.1. The number of rotatable bonds is 6. The monoisotopic (exact) mass is 388 g/mol. The van der Waals surface area contributed by atoms with Crippen LogP contribution >= 0.6 is 0 Å². The molecular weight excluding hydrogens is 364 g/mol. The van der Waals surface area contributed by atoms with Gasteiger partial charge in [-0.05, 0) is 48.7 Å². The van der Waals surface area contributed by atoms with Gasteiger partial charge in [-0.25, -0.2) is 13.1 Å². The van der Waals surface area contributed by atoms with Gasteiger partial charge in [0, 0.05) is 18.7 Å². The fourth-order valence-electron chi connectivity index (χ4n) is 3.42. The van der Waals surface area contributed by atoms with Gasteiger partial charge >= 0.3 is 0 Å². The molecule has 0 aromatic heterocycles. The first-order valence-electron chi connectivity index (χ1n) is 9.01. The van der Waals surface area contributed by atoms with E-state index in [1.807, 2.05) is 29.2 Å². The maximum Gasteiger partial charge on any atom is 0.254 e. The lowest BCUT2D eigenvalue weighted by Crippen LogP contribution is -2.31. The number of carbonyl (C=O) groups is 1. The van der Waals surface area contributed by atoms with Gasteiger partial charge in [0.2, 0.25) is 10.0 Å². The molecule has 0 aliphatic carbocycles. The summed E-state index contributed by atoms with van der Waals surface area (Å²) in [5.41, 5.74) is 1.44. The van der Waals surface area contributed by atoms with Gasteiger partial charge in [0.25, 0.3) is 5.91 Å². The second-order valence-electron chi connectivity index (χ2n) is 6.46. The molecule has 2 aromatic carbocycles. The Morgan fingerprint density at radius 2 is 1.96 bits per heavy atom. The Morgan fingerprint density at radius 3 is 2.63 bits per heavy atom. The molecule has 1 heterocycles. The molecule has 0 spiro atoms. The van der Waals surface area contributed by atoms with Crippen molar-refractivity contribution in [3.05, 3.63) is 59.7 Å². The zero-order valence-corrected chi connectivity index (χ0v) is 16.3. The number of carbonyl (C=O) groups excluding carboxylic acids is 1. The van der Waals surface area contributed by atoms with Crippen molar-refractivity contribution in [2.45, 2.75) is 30.7 Å². The molecule has 1 aliphatic rings. The van der Waals surface area contributed by atoms with E-state index < -0.39 is 10.0 Å². The zero-order valence-electron chi connectivity index (χ0n) is 15.5. The van der Waals surface area contributed by atoms with E-state index in [4.69, 9.17) is 4.74 Å². The van der Waals surface area contributed by atoms with Crippen LogP contribution in [0.4, 0.5) is 0 Å². The lowest BCUT2D eigenvalue weighted by Gasteiger charge is -2.25. The SMILES string of the molecule is CCNS(=O)(=O)c1cccc(C(=O)N2CCCC2c2ccc(OC)cc2)c1. The van der Waals surface area contributed by atoms with Gasteiger partial charge in [0.1, 0.15) is 5.75 Å². The minimum absolute atomic E-state index is 0.0163. The highest BCUT2D eigenvalue weighted by atomic mass is 32.2. The Balaban J connectivity index is 1.86. The molecule has 0 radical (unpaired) electrons. The predicted molar refractivity (Wildman–Crippen MR) is 103 cm³/mol. The summed E-state index contributed by atoms with van der Waals surface area (Å²) in [5, 5.41) is 0. The van der Waals surface area contributed by atoms with Crippen LogP contribution in [0.3, 0.4) is 0 Å². The summed E-state index contributed by atoms with van der Waals surface area (Å²) < 4.78 is 32.1. The third-order valence-corrected chi connectivity index (χ3v) is 6.28. The first kappa shape index (κ1) is 19.4. The van der Waals surface area contributed by atoms with Gasteiger partial charge in [-0.15, -0.1) is 0 Å². The number of hydrogen-bond acceptors (Lipinski definition) is 4. The topological polar surface area (TPSA) is 75.7 Å². The fourth-order valence-corrected chi connectivity index (χ4v) is 4.50. The number of methoxy groups -OCH3 is 1. The molecule has 2 aromatic rings.